The van der Waals surface area contributed by atoms with Crippen LogP contribution in [0.5, 0.6) is 0 Å². The Kier molecular flexibility index (Phi) is 26.9. The molecule has 0 unspecified atom stereocenters. The van der Waals surface area contributed by atoms with Crippen molar-refractivity contribution in [2.75, 3.05) is 19.8 Å². The topological polar surface area (TPSA) is 173 Å². The molecule has 0 saturated heterocycles. The highest BCUT2D eigenvalue weighted by molar-refractivity contribution is 5.68. The molecule has 0 saturated carbocycles. The third-order valence-electron chi connectivity index (χ3n) is 4.78. The summed E-state index contributed by atoms with van der Waals surface area (Å²) in [6, 6.07) is 0. The Morgan fingerprint density at radius 1 is 0.548 bits per heavy atom. The zero-order valence-electron chi connectivity index (χ0n) is 19.2. The van der Waals surface area contributed by atoms with Crippen molar-refractivity contribution in [3.05, 3.63) is 0 Å². The molecule has 9 nitrogen and oxygen atoms in total. The minimum Gasteiger partial charge on any atom is -0.481 e. The molecule has 31 heavy (non-hydrogen) atoms. The Morgan fingerprint density at radius 2 is 0.839 bits per heavy atom. The zero-order chi connectivity index (χ0) is 24.5. The Hall–Kier alpha value is -1.71. The first kappa shape index (κ1) is 33.9. The van der Waals surface area contributed by atoms with Gasteiger partial charge in [-0.2, -0.15) is 0 Å². The van der Waals surface area contributed by atoms with Crippen molar-refractivity contribution in [1.82, 2.24) is 0 Å². The first-order valence-electron chi connectivity index (χ1n) is 11.1. The molecule has 9 heteroatoms. The van der Waals surface area contributed by atoms with Crippen LogP contribution in [0.2, 0.25) is 0 Å². The maximum Gasteiger partial charge on any atom is 0.303 e. The number of carbonyl (C=O) groups is 3. The predicted octanol–water partition coefficient (Wildman–Crippen LogP) is 3.29. The van der Waals surface area contributed by atoms with Crippen LogP contribution in [0.1, 0.15) is 97.3 Å². The monoisotopic (exact) mass is 452 g/mol. The van der Waals surface area contributed by atoms with E-state index in [1.807, 2.05) is 6.92 Å². The highest BCUT2D eigenvalue weighted by Gasteiger charge is 2.24. The summed E-state index contributed by atoms with van der Waals surface area (Å²) >= 11 is 0. The standard InChI is InChI=1S/C10H20O2.C6H10O4.C6H14O3/c1-2-3-4-5-6-7-8-9-10(11)12;7-5(8)3-1-2-4-6(9)10;1-2-6(3-7,4-8)5-9/h2-9H2,1H3,(H,11,12);1-4H2,(H,7,8)(H,9,10);7-9H,2-5H2,1H3. The van der Waals surface area contributed by atoms with Crippen molar-refractivity contribution >= 4 is 17.9 Å². The second kappa shape index (κ2) is 24.6. The highest BCUT2D eigenvalue weighted by Crippen LogP contribution is 2.18. The van der Waals surface area contributed by atoms with E-state index in [9.17, 15) is 14.4 Å². The van der Waals surface area contributed by atoms with Gasteiger partial charge in [-0.1, -0.05) is 52.4 Å². The van der Waals surface area contributed by atoms with Gasteiger partial charge in [-0.25, -0.2) is 0 Å². The number of unbranched alkanes of at least 4 members (excludes halogenated alkanes) is 7. The summed E-state index contributed by atoms with van der Waals surface area (Å²) < 4.78 is 0. The van der Waals surface area contributed by atoms with Crippen LogP contribution in [0.4, 0.5) is 0 Å². The van der Waals surface area contributed by atoms with Crippen molar-refractivity contribution in [2.45, 2.75) is 97.3 Å². The number of aliphatic hydroxyl groups is 3. The first-order valence-corrected chi connectivity index (χ1v) is 11.1. The average Bonchev–Trinajstić information content (AvgIpc) is 2.73. The van der Waals surface area contributed by atoms with Gasteiger partial charge in [-0.3, -0.25) is 14.4 Å². The quantitative estimate of drug-likeness (QED) is 0.181. The lowest BCUT2D eigenvalue weighted by molar-refractivity contribution is -0.139. The van der Waals surface area contributed by atoms with Crippen molar-refractivity contribution in [3.63, 3.8) is 0 Å². The van der Waals surface area contributed by atoms with Crippen LogP contribution in [0.15, 0.2) is 0 Å². The van der Waals surface area contributed by atoms with E-state index >= 15 is 0 Å². The van der Waals surface area contributed by atoms with Crippen LogP contribution in [0.25, 0.3) is 0 Å². The number of aliphatic hydroxyl groups excluding tert-OH is 3. The van der Waals surface area contributed by atoms with Crippen LogP contribution in [-0.2, 0) is 14.4 Å². The summed E-state index contributed by atoms with van der Waals surface area (Å²) in [5.41, 5.74) is -0.667. The van der Waals surface area contributed by atoms with Gasteiger partial charge < -0.3 is 30.6 Å². The molecule has 0 amide bonds. The predicted molar refractivity (Wildman–Crippen MR) is 118 cm³/mol. The summed E-state index contributed by atoms with van der Waals surface area (Å²) in [6.07, 6.45) is 10.3. The largest absolute Gasteiger partial charge is 0.481 e. The molecule has 0 aromatic rings. The lowest BCUT2D eigenvalue weighted by atomic mass is 9.88. The number of hydrogen-bond acceptors (Lipinski definition) is 6. The number of rotatable bonds is 17. The van der Waals surface area contributed by atoms with E-state index in [-0.39, 0.29) is 32.7 Å². The molecule has 186 valence electrons. The fourth-order valence-electron chi connectivity index (χ4n) is 2.27. The van der Waals surface area contributed by atoms with Crippen LogP contribution in [0, 0.1) is 5.41 Å². The van der Waals surface area contributed by atoms with E-state index in [0.29, 0.717) is 25.7 Å². The Labute approximate surface area is 186 Å². The highest BCUT2D eigenvalue weighted by atomic mass is 16.4. The molecule has 0 aliphatic heterocycles. The average molecular weight is 453 g/mol. The van der Waals surface area contributed by atoms with Gasteiger partial charge in [0.2, 0.25) is 0 Å². The van der Waals surface area contributed by atoms with Crippen molar-refractivity contribution in [1.29, 1.82) is 0 Å². The Morgan fingerprint density at radius 3 is 1.06 bits per heavy atom. The molecule has 0 fully saturated rings. The second-order valence-corrected chi connectivity index (χ2v) is 7.59. The third kappa shape index (κ3) is 28.3. The van der Waals surface area contributed by atoms with E-state index in [2.05, 4.69) is 6.92 Å². The smallest absolute Gasteiger partial charge is 0.303 e. The Bertz CT molecular complexity index is 401. The molecule has 0 aromatic heterocycles. The summed E-state index contributed by atoms with van der Waals surface area (Å²) in [5.74, 6) is -2.40. The molecule has 6 N–H and O–H groups in total. The molecule has 0 aliphatic carbocycles. The molecule has 0 bridgehead atoms. The lowest BCUT2D eigenvalue weighted by Gasteiger charge is -2.24. The fourth-order valence-corrected chi connectivity index (χ4v) is 2.27. The van der Waals surface area contributed by atoms with Gasteiger partial charge in [0.15, 0.2) is 0 Å². The van der Waals surface area contributed by atoms with E-state index in [1.165, 1.54) is 32.1 Å². The summed E-state index contributed by atoms with van der Waals surface area (Å²) in [4.78, 5) is 29.9. The van der Waals surface area contributed by atoms with E-state index < -0.39 is 23.3 Å². The second-order valence-electron chi connectivity index (χ2n) is 7.59. The van der Waals surface area contributed by atoms with E-state index in [4.69, 9.17) is 30.6 Å². The number of carboxylic acid groups (broad SMARTS) is 3. The van der Waals surface area contributed by atoms with Gasteiger partial charge in [-0.15, -0.1) is 0 Å². The molecular weight excluding hydrogens is 408 g/mol. The Balaban J connectivity index is -0.000000384. The normalized spacial score (nSPS) is 10.4. The van der Waals surface area contributed by atoms with E-state index in [1.54, 1.807) is 0 Å². The lowest BCUT2D eigenvalue weighted by Crippen LogP contribution is -2.32. The number of aliphatic carboxylic acids is 3. The van der Waals surface area contributed by atoms with Crippen molar-refractivity contribution in [2.24, 2.45) is 5.41 Å². The summed E-state index contributed by atoms with van der Waals surface area (Å²) in [7, 11) is 0. The van der Waals surface area contributed by atoms with Crippen LogP contribution < -0.4 is 0 Å². The van der Waals surface area contributed by atoms with Gasteiger partial charge in [0.05, 0.1) is 19.8 Å². The minimum atomic E-state index is -0.870. The summed E-state index contributed by atoms with van der Waals surface area (Å²) in [6.45, 7) is 3.55. The fraction of sp³-hybridized carbons (Fsp3) is 0.864. The maximum atomic E-state index is 10.1. The molecule has 0 radical (unpaired) electrons. The number of carboxylic acids is 3. The van der Waals surface area contributed by atoms with Crippen molar-refractivity contribution < 1.29 is 45.0 Å². The molecule has 0 aliphatic rings. The molecule has 0 aromatic carbocycles. The molecule has 0 spiro atoms. The van der Waals surface area contributed by atoms with Gasteiger partial charge in [-0.05, 0) is 25.7 Å². The van der Waals surface area contributed by atoms with Gasteiger partial charge in [0, 0.05) is 24.7 Å². The number of hydrogen-bond donors (Lipinski definition) is 6. The molecular formula is C22H44O9. The first-order chi connectivity index (χ1) is 14.6. The SMILES string of the molecule is CCC(CO)(CO)CO.CCCCCCCCCC(=O)O.O=C(O)CCCCC(=O)O. The zero-order valence-corrected chi connectivity index (χ0v) is 19.2. The molecule has 0 atom stereocenters. The van der Waals surface area contributed by atoms with Gasteiger partial charge in [0.1, 0.15) is 0 Å². The van der Waals surface area contributed by atoms with Crippen molar-refractivity contribution in [3.8, 4) is 0 Å². The van der Waals surface area contributed by atoms with Gasteiger partial charge in [0.25, 0.3) is 0 Å². The minimum absolute atomic E-state index is 0.0628. The van der Waals surface area contributed by atoms with Crippen LogP contribution in [0.3, 0.4) is 0 Å². The van der Waals surface area contributed by atoms with Gasteiger partial charge >= 0.3 is 17.9 Å². The molecule has 0 rings (SSSR count). The third-order valence-corrected chi connectivity index (χ3v) is 4.78. The van der Waals surface area contributed by atoms with E-state index in [0.717, 1.165) is 12.8 Å². The summed E-state index contributed by atoms with van der Waals surface area (Å²) in [5, 5.41) is 50.6. The van der Waals surface area contributed by atoms with Crippen LogP contribution >= 0.6 is 0 Å². The molecule has 0 heterocycles. The van der Waals surface area contributed by atoms with Crippen LogP contribution in [-0.4, -0.2) is 68.4 Å². The maximum absolute atomic E-state index is 10.1.